The zero-order chi connectivity index (χ0) is 14.6. The molecule has 1 aromatic rings. The lowest BCUT2D eigenvalue weighted by Gasteiger charge is -2.09. The molecule has 0 aromatic heterocycles. The number of nitrogens with one attached hydrogen (secondary N) is 1. The molecule has 0 unspecified atom stereocenters. The van der Waals surface area contributed by atoms with Crippen molar-refractivity contribution < 1.29 is 8.42 Å². The van der Waals surface area contributed by atoms with Crippen LogP contribution in [-0.2, 0) is 9.84 Å². The minimum absolute atomic E-state index is 0.112. The number of hydrogen-bond donors (Lipinski definition) is 1. The first-order valence-corrected chi connectivity index (χ1v) is 7.33. The van der Waals surface area contributed by atoms with Crippen LogP contribution < -0.4 is 5.32 Å². The Kier molecular flexibility index (Phi) is 4.55. The van der Waals surface area contributed by atoms with Crippen molar-refractivity contribution in [3.8, 4) is 12.1 Å². The Bertz CT molecular complexity index is 709. The molecule has 0 amide bonds. The largest absolute Gasteiger partial charge is 0.359 e. The van der Waals surface area contributed by atoms with E-state index in [2.05, 4.69) is 5.32 Å². The predicted octanol–water partition coefficient (Wildman–Crippen LogP) is 2.39. The third kappa shape index (κ3) is 3.72. The lowest BCUT2D eigenvalue weighted by atomic mass is 10.2. The number of nitriles is 2. The normalized spacial score (nSPS) is 10.2. The number of sulfone groups is 1. The summed E-state index contributed by atoms with van der Waals surface area (Å²) in [6.45, 7) is 1.67. The maximum atomic E-state index is 11.5. The molecule has 0 spiro atoms. The average Bonchev–Trinajstić information content (AvgIpc) is 2.33. The minimum atomic E-state index is -3.36. The van der Waals surface area contributed by atoms with Crippen LogP contribution in [0.3, 0.4) is 0 Å². The van der Waals surface area contributed by atoms with Crippen LogP contribution >= 0.6 is 11.6 Å². The zero-order valence-electron chi connectivity index (χ0n) is 10.2. The van der Waals surface area contributed by atoms with E-state index in [0.717, 1.165) is 6.26 Å². The van der Waals surface area contributed by atoms with Gasteiger partial charge in [0.15, 0.2) is 9.84 Å². The van der Waals surface area contributed by atoms with Gasteiger partial charge in [-0.3, -0.25) is 0 Å². The van der Waals surface area contributed by atoms with E-state index in [4.69, 9.17) is 22.1 Å². The number of rotatable bonds is 3. The monoisotopic (exact) mass is 295 g/mol. The molecule has 1 N–H and O–H groups in total. The van der Waals surface area contributed by atoms with Crippen LogP contribution in [0.4, 0.5) is 5.69 Å². The van der Waals surface area contributed by atoms with Crippen molar-refractivity contribution in [1.82, 2.24) is 0 Å². The summed E-state index contributed by atoms with van der Waals surface area (Å²) < 4.78 is 23.0. The van der Waals surface area contributed by atoms with Gasteiger partial charge < -0.3 is 5.32 Å². The van der Waals surface area contributed by atoms with E-state index in [-0.39, 0.29) is 10.5 Å². The lowest BCUT2D eigenvalue weighted by molar-refractivity contribution is 0.602. The van der Waals surface area contributed by atoms with Crippen LogP contribution in [0, 0.1) is 29.6 Å². The summed E-state index contributed by atoms with van der Waals surface area (Å²) in [7, 11) is -3.36. The smallest absolute Gasteiger partial charge is 0.175 e. The van der Waals surface area contributed by atoms with Gasteiger partial charge in [0.2, 0.25) is 0 Å². The van der Waals surface area contributed by atoms with Gasteiger partial charge in [0, 0.05) is 12.5 Å². The van der Waals surface area contributed by atoms with E-state index >= 15 is 0 Å². The first-order chi connectivity index (χ1) is 8.79. The van der Waals surface area contributed by atoms with E-state index in [1.165, 1.54) is 18.3 Å². The molecule has 5 nitrogen and oxygen atoms in total. The Morgan fingerprint density at radius 2 is 1.95 bits per heavy atom. The van der Waals surface area contributed by atoms with Crippen LogP contribution in [0.5, 0.6) is 0 Å². The van der Waals surface area contributed by atoms with Crippen molar-refractivity contribution in [2.75, 3.05) is 11.6 Å². The molecule has 1 rings (SSSR count). The molecule has 0 saturated carbocycles. The van der Waals surface area contributed by atoms with Crippen LogP contribution in [0.25, 0.3) is 0 Å². The van der Waals surface area contributed by atoms with E-state index < -0.39 is 9.84 Å². The van der Waals surface area contributed by atoms with E-state index in [9.17, 15) is 8.42 Å². The molecular weight excluding hydrogens is 286 g/mol. The van der Waals surface area contributed by atoms with Crippen LogP contribution in [-0.4, -0.2) is 14.7 Å². The molecule has 0 saturated heterocycles. The highest BCUT2D eigenvalue weighted by Crippen LogP contribution is 2.29. The summed E-state index contributed by atoms with van der Waals surface area (Å²) in [6, 6.07) is 6.17. The average molecular weight is 296 g/mol. The standard InChI is InChI=1S/C12H10ClN3O2S/c1-8-3-10(19(2,17)18)4-11(12(8)13)16-7-9(5-14)6-15/h3-4,7,16H,1-2H3. The quantitative estimate of drug-likeness (QED) is 0.864. The van der Waals surface area contributed by atoms with Crippen molar-refractivity contribution in [1.29, 1.82) is 10.5 Å². The molecule has 0 aliphatic carbocycles. The highest BCUT2D eigenvalue weighted by molar-refractivity contribution is 7.90. The van der Waals surface area contributed by atoms with Gasteiger partial charge in [-0.2, -0.15) is 10.5 Å². The molecule has 7 heteroatoms. The maximum absolute atomic E-state index is 11.5. The van der Waals surface area contributed by atoms with Crippen LogP contribution in [0.2, 0.25) is 5.02 Å². The fourth-order valence-electron chi connectivity index (χ4n) is 1.30. The number of allylic oxidation sites excluding steroid dienone is 1. The van der Waals surface area contributed by atoms with E-state index in [1.807, 2.05) is 0 Å². The van der Waals surface area contributed by atoms with Crippen molar-refractivity contribution in [3.05, 3.63) is 34.5 Å². The van der Waals surface area contributed by atoms with Gasteiger partial charge in [-0.25, -0.2) is 8.42 Å². The molecular formula is C12H10ClN3O2S. The van der Waals surface area contributed by atoms with Crippen LogP contribution in [0.1, 0.15) is 5.56 Å². The second kappa shape index (κ2) is 5.75. The molecule has 1 aromatic carbocycles. The van der Waals surface area contributed by atoms with Crippen molar-refractivity contribution in [2.45, 2.75) is 11.8 Å². The number of nitrogens with zero attached hydrogens (tertiary/aromatic N) is 2. The third-order valence-corrected chi connectivity index (χ3v) is 3.86. The van der Waals surface area contributed by atoms with Gasteiger partial charge in [0.05, 0.1) is 15.6 Å². The second-order valence-electron chi connectivity index (χ2n) is 3.80. The molecule has 19 heavy (non-hydrogen) atoms. The summed E-state index contributed by atoms with van der Waals surface area (Å²) in [5.74, 6) is 0. The topological polar surface area (TPSA) is 93.8 Å². The summed E-state index contributed by atoms with van der Waals surface area (Å²) >= 11 is 6.03. The van der Waals surface area contributed by atoms with Gasteiger partial charge in [-0.15, -0.1) is 0 Å². The lowest BCUT2D eigenvalue weighted by Crippen LogP contribution is -2.00. The molecule has 0 heterocycles. The highest BCUT2D eigenvalue weighted by Gasteiger charge is 2.12. The Morgan fingerprint density at radius 1 is 1.37 bits per heavy atom. The Labute approximate surface area is 116 Å². The Morgan fingerprint density at radius 3 is 2.42 bits per heavy atom. The van der Waals surface area contributed by atoms with Gasteiger partial charge in [-0.05, 0) is 24.6 Å². The fourth-order valence-corrected chi connectivity index (χ4v) is 2.18. The second-order valence-corrected chi connectivity index (χ2v) is 6.19. The summed E-state index contributed by atoms with van der Waals surface area (Å²) in [6.07, 6.45) is 2.26. The van der Waals surface area contributed by atoms with E-state index in [1.54, 1.807) is 19.1 Å². The minimum Gasteiger partial charge on any atom is -0.359 e. The van der Waals surface area contributed by atoms with Gasteiger partial charge >= 0.3 is 0 Å². The fraction of sp³-hybridized carbons (Fsp3) is 0.167. The summed E-state index contributed by atoms with van der Waals surface area (Å²) in [4.78, 5) is 0.112. The van der Waals surface area contributed by atoms with Crippen LogP contribution in [0.15, 0.2) is 28.8 Å². The highest BCUT2D eigenvalue weighted by atomic mass is 35.5. The number of benzene rings is 1. The molecule has 98 valence electrons. The van der Waals surface area contributed by atoms with Gasteiger partial charge in [-0.1, -0.05) is 11.6 Å². The summed E-state index contributed by atoms with van der Waals surface area (Å²) in [5, 5.41) is 20.2. The van der Waals surface area contributed by atoms with E-state index in [0.29, 0.717) is 16.3 Å². The number of anilines is 1. The van der Waals surface area contributed by atoms with Crippen molar-refractivity contribution in [3.63, 3.8) is 0 Å². The van der Waals surface area contributed by atoms with Crippen molar-refractivity contribution >= 4 is 27.1 Å². The third-order valence-electron chi connectivity index (χ3n) is 2.27. The molecule has 0 bridgehead atoms. The Balaban J connectivity index is 3.31. The SMILES string of the molecule is Cc1cc(S(C)(=O)=O)cc(NC=C(C#N)C#N)c1Cl. The molecule has 0 atom stereocenters. The number of aryl methyl sites for hydroxylation is 1. The zero-order valence-corrected chi connectivity index (χ0v) is 11.8. The number of hydrogen-bond acceptors (Lipinski definition) is 5. The molecule has 0 aliphatic rings. The Hall–Kier alpha value is -2.02. The molecule has 0 aliphatic heterocycles. The summed E-state index contributed by atoms with van der Waals surface area (Å²) in [5.41, 5.74) is 0.763. The van der Waals surface area contributed by atoms with Crippen molar-refractivity contribution in [2.24, 2.45) is 0 Å². The molecule has 0 fully saturated rings. The maximum Gasteiger partial charge on any atom is 0.175 e. The first kappa shape index (κ1) is 15.0. The number of halogens is 1. The van der Waals surface area contributed by atoms with Gasteiger partial charge in [0.25, 0.3) is 0 Å². The molecule has 0 radical (unpaired) electrons. The predicted molar refractivity (Wildman–Crippen MR) is 72.2 cm³/mol. The van der Waals surface area contributed by atoms with Gasteiger partial charge in [0.1, 0.15) is 17.7 Å². The first-order valence-electron chi connectivity index (χ1n) is 5.06.